The van der Waals surface area contributed by atoms with E-state index in [2.05, 4.69) is 17.1 Å². The Bertz CT molecular complexity index is 1050. The molecule has 4 rings (SSSR count). The molecule has 0 N–H and O–H groups in total. The maximum Gasteiger partial charge on any atom is 0.253 e. The number of methoxy groups -OCH3 is 1. The van der Waals surface area contributed by atoms with Gasteiger partial charge in [-0.25, -0.2) is 4.98 Å². The lowest BCUT2D eigenvalue weighted by Gasteiger charge is -2.22. The molecule has 6 nitrogen and oxygen atoms in total. The van der Waals surface area contributed by atoms with Crippen LogP contribution in [0.2, 0.25) is 0 Å². The first-order chi connectivity index (χ1) is 13.4. The van der Waals surface area contributed by atoms with Gasteiger partial charge in [0.15, 0.2) is 6.10 Å². The Morgan fingerprint density at radius 1 is 1.25 bits per heavy atom. The maximum absolute atomic E-state index is 12.6. The van der Waals surface area contributed by atoms with E-state index in [1.807, 2.05) is 36.7 Å². The molecule has 1 amide bonds. The van der Waals surface area contributed by atoms with Gasteiger partial charge in [0.1, 0.15) is 23.2 Å². The second-order valence-corrected chi connectivity index (χ2v) is 7.48. The Morgan fingerprint density at radius 3 is 2.71 bits per heavy atom. The molecule has 0 spiro atoms. The molecule has 0 bridgehead atoms. The molecule has 0 aliphatic heterocycles. The van der Waals surface area contributed by atoms with Crippen LogP contribution in [0.25, 0.3) is 11.0 Å². The Labute approximate surface area is 164 Å². The molecule has 0 fully saturated rings. The van der Waals surface area contributed by atoms with Gasteiger partial charge in [-0.05, 0) is 30.2 Å². The lowest BCUT2D eigenvalue weighted by atomic mass is 10.1. The van der Waals surface area contributed by atoms with Crippen LogP contribution in [0.1, 0.15) is 33.4 Å². The van der Waals surface area contributed by atoms with Crippen molar-refractivity contribution in [2.45, 2.75) is 25.6 Å². The number of benzene rings is 2. The molecule has 0 saturated heterocycles. The third kappa shape index (κ3) is 2.94. The van der Waals surface area contributed by atoms with Crippen LogP contribution in [0.15, 0.2) is 36.4 Å². The number of aryl methyl sites for hydroxylation is 2. The number of hydrogen-bond donors (Lipinski definition) is 0. The first kappa shape index (κ1) is 18.5. The fourth-order valence-corrected chi connectivity index (χ4v) is 3.85. The maximum atomic E-state index is 12.6. The highest BCUT2D eigenvalue weighted by atomic mass is 16.5. The first-order valence-corrected chi connectivity index (χ1v) is 9.36. The number of aromatic nitrogens is 2. The minimum Gasteiger partial charge on any atom is -0.481 e. The molecule has 2 atom stereocenters. The summed E-state index contributed by atoms with van der Waals surface area (Å²) in [5.41, 5.74) is 4.57. The summed E-state index contributed by atoms with van der Waals surface area (Å²) < 4.78 is 14.2. The molecule has 0 saturated carbocycles. The topological polar surface area (TPSA) is 56.6 Å². The minimum atomic E-state index is -0.239. The van der Waals surface area contributed by atoms with Crippen molar-refractivity contribution < 1.29 is 14.3 Å². The Balaban J connectivity index is 1.84. The molecule has 0 unspecified atom stereocenters. The lowest BCUT2D eigenvalue weighted by molar-refractivity contribution is 0.0137. The van der Waals surface area contributed by atoms with Gasteiger partial charge in [-0.15, -0.1) is 0 Å². The minimum absolute atomic E-state index is 0.0688. The highest BCUT2D eigenvalue weighted by Gasteiger charge is 2.35. The predicted molar refractivity (Wildman–Crippen MR) is 108 cm³/mol. The summed E-state index contributed by atoms with van der Waals surface area (Å²) in [4.78, 5) is 18.9. The van der Waals surface area contributed by atoms with E-state index in [-0.39, 0.29) is 18.1 Å². The quantitative estimate of drug-likeness (QED) is 0.698. The number of carbonyl (C=O) groups is 1. The van der Waals surface area contributed by atoms with E-state index in [4.69, 9.17) is 9.47 Å². The van der Waals surface area contributed by atoms with E-state index in [1.165, 1.54) is 5.56 Å². The van der Waals surface area contributed by atoms with Gasteiger partial charge >= 0.3 is 0 Å². The van der Waals surface area contributed by atoms with Crippen molar-refractivity contribution in [2.75, 3.05) is 21.2 Å². The van der Waals surface area contributed by atoms with Crippen molar-refractivity contribution in [1.82, 2.24) is 14.5 Å². The summed E-state index contributed by atoms with van der Waals surface area (Å²) in [6.07, 6.45) is 0.486. The van der Waals surface area contributed by atoms with Crippen molar-refractivity contribution in [1.29, 1.82) is 0 Å². The molecule has 3 aromatic rings. The summed E-state index contributed by atoms with van der Waals surface area (Å²) in [7, 11) is 7.14. The van der Waals surface area contributed by atoms with Crippen LogP contribution < -0.4 is 4.74 Å². The van der Waals surface area contributed by atoms with E-state index < -0.39 is 0 Å². The van der Waals surface area contributed by atoms with Crippen LogP contribution in [0, 0.1) is 6.92 Å². The van der Waals surface area contributed by atoms with E-state index >= 15 is 0 Å². The molecule has 1 aliphatic rings. The summed E-state index contributed by atoms with van der Waals surface area (Å²) in [5, 5.41) is 0. The van der Waals surface area contributed by atoms with Gasteiger partial charge in [-0.3, -0.25) is 4.79 Å². The van der Waals surface area contributed by atoms with Gasteiger partial charge in [-0.1, -0.05) is 24.3 Å². The predicted octanol–water partition coefficient (Wildman–Crippen LogP) is 3.27. The zero-order valence-electron chi connectivity index (χ0n) is 16.9. The SMILES string of the molecule is CO[C@@H]1Cc2ccccc2[C@H]1Oc1cc(C(=O)N(C)C)cc2c1nc(C)n2C. The molecule has 28 heavy (non-hydrogen) atoms. The largest absolute Gasteiger partial charge is 0.481 e. The highest BCUT2D eigenvalue weighted by Crippen LogP contribution is 2.39. The van der Waals surface area contributed by atoms with Gasteiger partial charge in [0.2, 0.25) is 0 Å². The number of hydrogen-bond acceptors (Lipinski definition) is 4. The van der Waals surface area contributed by atoms with Gasteiger partial charge in [0, 0.05) is 40.2 Å². The molecule has 1 heterocycles. The van der Waals surface area contributed by atoms with Gasteiger partial charge < -0.3 is 18.9 Å². The zero-order valence-corrected chi connectivity index (χ0v) is 16.9. The van der Waals surface area contributed by atoms with Crippen LogP contribution in [0.3, 0.4) is 0 Å². The van der Waals surface area contributed by atoms with Crippen molar-refractivity contribution in [3.05, 3.63) is 58.9 Å². The highest BCUT2D eigenvalue weighted by molar-refractivity contribution is 5.99. The summed E-state index contributed by atoms with van der Waals surface area (Å²) in [6, 6.07) is 11.9. The van der Waals surface area contributed by atoms with E-state index in [0.29, 0.717) is 11.3 Å². The standard InChI is InChI=1S/C22H25N3O3/c1-13-23-20-17(25(13)4)10-15(22(26)24(2)3)12-18(20)28-21-16-9-7-6-8-14(16)11-19(21)27-5/h6-10,12,19,21H,11H2,1-5H3/t19-,21-/m1/s1. The first-order valence-electron chi connectivity index (χ1n) is 9.36. The van der Waals surface area contributed by atoms with E-state index in [0.717, 1.165) is 28.8 Å². The average Bonchev–Trinajstić information content (AvgIpc) is 3.19. The molecule has 2 aromatic carbocycles. The van der Waals surface area contributed by atoms with Crippen LogP contribution in [0.5, 0.6) is 5.75 Å². The monoisotopic (exact) mass is 379 g/mol. The molecule has 0 radical (unpaired) electrons. The molecular weight excluding hydrogens is 354 g/mol. The van der Waals surface area contributed by atoms with Crippen LogP contribution in [0.4, 0.5) is 0 Å². The number of carbonyl (C=O) groups excluding carboxylic acids is 1. The number of imidazole rings is 1. The smallest absolute Gasteiger partial charge is 0.253 e. The zero-order chi connectivity index (χ0) is 20.0. The van der Waals surface area contributed by atoms with Crippen LogP contribution in [-0.2, 0) is 18.2 Å². The normalized spacial score (nSPS) is 18.3. The Kier molecular flexibility index (Phi) is 4.59. The fraction of sp³-hybridized carbons (Fsp3) is 0.364. The van der Waals surface area contributed by atoms with Crippen molar-refractivity contribution in [3.8, 4) is 5.75 Å². The Hall–Kier alpha value is -2.86. The number of amides is 1. The van der Waals surface area contributed by atoms with Crippen molar-refractivity contribution in [3.63, 3.8) is 0 Å². The molecule has 6 heteroatoms. The second kappa shape index (κ2) is 6.95. The number of fused-ring (bicyclic) bond motifs is 2. The summed E-state index contributed by atoms with van der Waals surface area (Å²) in [5.74, 6) is 1.40. The van der Waals surface area contributed by atoms with E-state index in [1.54, 1.807) is 32.2 Å². The summed E-state index contributed by atoms with van der Waals surface area (Å²) >= 11 is 0. The van der Waals surface area contributed by atoms with E-state index in [9.17, 15) is 4.79 Å². The van der Waals surface area contributed by atoms with Crippen molar-refractivity contribution in [2.24, 2.45) is 7.05 Å². The average molecular weight is 379 g/mol. The van der Waals surface area contributed by atoms with Gasteiger partial charge in [-0.2, -0.15) is 0 Å². The molecule has 1 aliphatic carbocycles. The third-order valence-electron chi connectivity index (χ3n) is 5.51. The van der Waals surface area contributed by atoms with Gasteiger partial charge in [0.05, 0.1) is 5.52 Å². The van der Waals surface area contributed by atoms with Crippen LogP contribution >= 0.6 is 0 Å². The molecular formula is C22H25N3O3. The molecule has 146 valence electrons. The van der Waals surface area contributed by atoms with Gasteiger partial charge in [0.25, 0.3) is 5.91 Å². The summed E-state index contributed by atoms with van der Waals surface area (Å²) in [6.45, 7) is 1.94. The number of nitrogens with zero attached hydrogens (tertiary/aromatic N) is 3. The third-order valence-corrected chi connectivity index (χ3v) is 5.51. The Morgan fingerprint density at radius 2 is 2.00 bits per heavy atom. The molecule has 1 aromatic heterocycles. The lowest BCUT2D eigenvalue weighted by Crippen LogP contribution is -2.23. The van der Waals surface area contributed by atoms with Crippen molar-refractivity contribution >= 4 is 16.9 Å². The van der Waals surface area contributed by atoms with Crippen LogP contribution in [-0.4, -0.2) is 47.7 Å². The second-order valence-electron chi connectivity index (χ2n) is 7.48. The fourth-order valence-electron chi connectivity index (χ4n) is 3.85. The number of rotatable bonds is 4. The number of ether oxygens (including phenoxy) is 2.